The van der Waals surface area contributed by atoms with Gasteiger partial charge in [-0.25, -0.2) is 0 Å². The Bertz CT molecular complexity index is 325. The van der Waals surface area contributed by atoms with E-state index in [9.17, 15) is 0 Å². The van der Waals surface area contributed by atoms with Crippen molar-refractivity contribution in [2.75, 3.05) is 0 Å². The molecule has 0 aliphatic carbocycles. The topological polar surface area (TPSA) is 60.7 Å². The number of aliphatic hydroxyl groups is 3. The van der Waals surface area contributed by atoms with Crippen LogP contribution in [0.25, 0.3) is 0 Å². The number of hydrogen-bond donors (Lipinski definition) is 3. The SMILES string of the molecule is CCCCCCCCC=CC=CC=C(O)C(O)=CO. The average Bonchev–Trinajstić information content (AvgIpc) is 2.43. The van der Waals surface area contributed by atoms with Gasteiger partial charge >= 0.3 is 0 Å². The zero-order valence-corrected chi connectivity index (χ0v) is 11.8. The number of aliphatic hydroxyl groups excluding tert-OH is 3. The Kier molecular flexibility index (Phi) is 11.7. The van der Waals surface area contributed by atoms with Crippen molar-refractivity contribution < 1.29 is 15.3 Å². The van der Waals surface area contributed by atoms with Gasteiger partial charge in [0.2, 0.25) is 0 Å². The minimum atomic E-state index is -0.541. The summed E-state index contributed by atoms with van der Waals surface area (Å²) in [7, 11) is 0. The van der Waals surface area contributed by atoms with Gasteiger partial charge in [0.1, 0.15) is 6.26 Å². The van der Waals surface area contributed by atoms with Gasteiger partial charge in [-0.3, -0.25) is 0 Å². The molecule has 0 saturated carbocycles. The fourth-order valence-corrected chi connectivity index (χ4v) is 1.58. The average molecular weight is 266 g/mol. The lowest BCUT2D eigenvalue weighted by atomic mass is 10.1. The predicted molar refractivity (Wildman–Crippen MR) is 80.3 cm³/mol. The van der Waals surface area contributed by atoms with Crippen LogP contribution in [0.5, 0.6) is 0 Å². The molecule has 0 fully saturated rings. The number of allylic oxidation sites excluding steroid dienone is 5. The molecule has 0 aromatic heterocycles. The van der Waals surface area contributed by atoms with Gasteiger partial charge in [-0.05, 0) is 18.9 Å². The lowest BCUT2D eigenvalue weighted by Gasteiger charge is -1.97. The van der Waals surface area contributed by atoms with Crippen LogP contribution in [0.4, 0.5) is 0 Å². The van der Waals surface area contributed by atoms with Crippen LogP contribution < -0.4 is 0 Å². The maximum Gasteiger partial charge on any atom is 0.192 e. The first-order chi connectivity index (χ1) is 9.22. The lowest BCUT2D eigenvalue weighted by Crippen LogP contribution is -1.85. The minimum absolute atomic E-state index is 0.358. The molecule has 0 aromatic carbocycles. The van der Waals surface area contributed by atoms with Crippen LogP contribution in [0.15, 0.2) is 48.2 Å². The Morgan fingerprint density at radius 1 is 0.842 bits per heavy atom. The Morgan fingerprint density at radius 2 is 1.53 bits per heavy atom. The zero-order chi connectivity index (χ0) is 14.3. The van der Waals surface area contributed by atoms with E-state index in [-0.39, 0.29) is 5.76 Å². The van der Waals surface area contributed by atoms with Gasteiger partial charge in [0, 0.05) is 0 Å². The molecule has 3 heteroatoms. The molecule has 0 spiro atoms. The second-order valence-electron chi connectivity index (χ2n) is 4.44. The molecule has 0 atom stereocenters. The first kappa shape index (κ1) is 17.4. The van der Waals surface area contributed by atoms with Crippen molar-refractivity contribution in [3.05, 3.63) is 48.2 Å². The number of unbranched alkanes of at least 4 members (excludes halogenated alkanes) is 6. The van der Waals surface area contributed by atoms with E-state index >= 15 is 0 Å². The van der Waals surface area contributed by atoms with Crippen molar-refractivity contribution in [1.29, 1.82) is 0 Å². The summed E-state index contributed by atoms with van der Waals surface area (Å²) in [6, 6.07) is 0. The molecule has 0 radical (unpaired) electrons. The largest absolute Gasteiger partial charge is 0.512 e. The summed E-state index contributed by atoms with van der Waals surface area (Å²) in [4.78, 5) is 0. The molecular formula is C16H26O3. The summed E-state index contributed by atoms with van der Waals surface area (Å²) in [6.45, 7) is 2.22. The molecular weight excluding hydrogens is 240 g/mol. The van der Waals surface area contributed by atoms with Crippen molar-refractivity contribution in [3.8, 4) is 0 Å². The first-order valence-corrected chi connectivity index (χ1v) is 6.98. The summed E-state index contributed by atoms with van der Waals surface area (Å²) < 4.78 is 0. The summed E-state index contributed by atoms with van der Waals surface area (Å²) in [5.74, 6) is -0.899. The van der Waals surface area contributed by atoms with Crippen molar-refractivity contribution >= 4 is 0 Å². The van der Waals surface area contributed by atoms with Gasteiger partial charge in [-0.2, -0.15) is 0 Å². The molecule has 0 aromatic rings. The third-order valence-corrected chi connectivity index (χ3v) is 2.72. The quantitative estimate of drug-likeness (QED) is 0.287. The standard InChI is InChI=1S/C16H26O3/c1-2-3-4-5-6-7-8-9-10-11-12-13-15(18)16(19)14-17/h9-14,17-19H,2-8H2,1H3. The van der Waals surface area contributed by atoms with Gasteiger partial charge in [0.15, 0.2) is 11.5 Å². The van der Waals surface area contributed by atoms with Crippen LogP contribution >= 0.6 is 0 Å². The van der Waals surface area contributed by atoms with Crippen LogP contribution in [-0.4, -0.2) is 15.3 Å². The summed E-state index contributed by atoms with van der Waals surface area (Å²) >= 11 is 0. The molecule has 19 heavy (non-hydrogen) atoms. The molecule has 0 heterocycles. The van der Waals surface area contributed by atoms with Gasteiger partial charge in [-0.15, -0.1) is 0 Å². The Balaban J connectivity index is 3.63. The van der Waals surface area contributed by atoms with E-state index in [1.165, 1.54) is 44.6 Å². The molecule has 0 unspecified atom stereocenters. The highest BCUT2D eigenvalue weighted by Crippen LogP contribution is 2.07. The normalized spacial score (nSPS) is 13.7. The van der Waals surface area contributed by atoms with Crippen molar-refractivity contribution in [1.82, 2.24) is 0 Å². The maximum absolute atomic E-state index is 9.17. The Hall–Kier alpha value is -1.64. The van der Waals surface area contributed by atoms with Gasteiger partial charge < -0.3 is 15.3 Å². The van der Waals surface area contributed by atoms with Crippen molar-refractivity contribution in [2.45, 2.75) is 51.9 Å². The first-order valence-electron chi connectivity index (χ1n) is 6.98. The molecule has 0 amide bonds. The Labute approximate surface area is 116 Å². The van der Waals surface area contributed by atoms with E-state index in [1.807, 2.05) is 6.08 Å². The molecule has 3 N–H and O–H groups in total. The predicted octanol–water partition coefficient (Wildman–Crippen LogP) is 5.25. The molecule has 0 aliphatic rings. The maximum atomic E-state index is 9.17. The van der Waals surface area contributed by atoms with Gasteiger partial charge in [0.25, 0.3) is 0 Å². The molecule has 3 nitrogen and oxygen atoms in total. The summed E-state index contributed by atoms with van der Waals surface area (Å²) in [5, 5.41) is 26.5. The third kappa shape index (κ3) is 11.2. The van der Waals surface area contributed by atoms with E-state index in [4.69, 9.17) is 15.3 Å². The van der Waals surface area contributed by atoms with E-state index in [0.717, 1.165) is 6.42 Å². The third-order valence-electron chi connectivity index (χ3n) is 2.72. The number of rotatable bonds is 10. The zero-order valence-electron chi connectivity index (χ0n) is 11.8. The Morgan fingerprint density at radius 3 is 2.21 bits per heavy atom. The lowest BCUT2D eigenvalue weighted by molar-refractivity contribution is 0.304. The van der Waals surface area contributed by atoms with Crippen molar-refractivity contribution in [2.24, 2.45) is 0 Å². The molecule has 0 aliphatic heterocycles. The van der Waals surface area contributed by atoms with Crippen LogP contribution in [0.3, 0.4) is 0 Å². The van der Waals surface area contributed by atoms with E-state index in [1.54, 1.807) is 12.2 Å². The minimum Gasteiger partial charge on any atom is -0.512 e. The highest BCUT2D eigenvalue weighted by molar-refractivity contribution is 5.22. The van der Waals surface area contributed by atoms with Crippen molar-refractivity contribution in [3.63, 3.8) is 0 Å². The fourth-order valence-electron chi connectivity index (χ4n) is 1.58. The summed E-state index contributed by atoms with van der Waals surface area (Å²) in [6.07, 6.45) is 18.0. The molecule has 108 valence electrons. The van der Waals surface area contributed by atoms with Crippen LogP contribution in [0.2, 0.25) is 0 Å². The van der Waals surface area contributed by atoms with E-state index in [0.29, 0.717) is 6.26 Å². The van der Waals surface area contributed by atoms with E-state index < -0.39 is 5.76 Å². The molecule has 0 rings (SSSR count). The van der Waals surface area contributed by atoms with Gasteiger partial charge in [-0.1, -0.05) is 63.3 Å². The second kappa shape index (κ2) is 12.8. The molecule has 0 bridgehead atoms. The van der Waals surface area contributed by atoms with E-state index in [2.05, 4.69) is 13.0 Å². The second-order valence-corrected chi connectivity index (χ2v) is 4.44. The fraction of sp³-hybridized carbons (Fsp3) is 0.500. The smallest absolute Gasteiger partial charge is 0.192 e. The monoisotopic (exact) mass is 266 g/mol. The van der Waals surface area contributed by atoms with Gasteiger partial charge in [0.05, 0.1) is 0 Å². The number of hydrogen-bond acceptors (Lipinski definition) is 3. The highest BCUT2D eigenvalue weighted by atomic mass is 16.3. The van der Waals surface area contributed by atoms with Crippen LogP contribution in [0.1, 0.15) is 51.9 Å². The van der Waals surface area contributed by atoms with Crippen LogP contribution in [-0.2, 0) is 0 Å². The highest BCUT2D eigenvalue weighted by Gasteiger charge is 1.95. The molecule has 0 saturated heterocycles. The van der Waals surface area contributed by atoms with Crippen LogP contribution in [0, 0.1) is 0 Å². The summed E-state index contributed by atoms with van der Waals surface area (Å²) in [5.41, 5.74) is 0.